The van der Waals surface area contributed by atoms with Gasteiger partial charge in [0.2, 0.25) is 0 Å². The summed E-state index contributed by atoms with van der Waals surface area (Å²) in [5.74, 6) is 2.68. The van der Waals surface area contributed by atoms with E-state index in [1.165, 1.54) is 22.3 Å². The molecule has 3 heteroatoms. The lowest BCUT2D eigenvalue weighted by Gasteiger charge is -2.15. The highest BCUT2D eigenvalue weighted by Crippen LogP contribution is 2.44. The maximum Gasteiger partial charge on any atom is 0.407 e. The van der Waals surface area contributed by atoms with Gasteiger partial charge in [-0.1, -0.05) is 72.7 Å². The number of ether oxygens (including phenoxy) is 1. The van der Waals surface area contributed by atoms with Crippen LogP contribution in [0.2, 0.25) is 0 Å². The lowest BCUT2D eigenvalue weighted by molar-refractivity contribution is 0.142. The molecule has 0 radical (unpaired) electrons. The van der Waals surface area contributed by atoms with Crippen LogP contribution >= 0.6 is 0 Å². The van der Waals surface area contributed by atoms with Crippen molar-refractivity contribution in [2.45, 2.75) is 12.5 Å². The summed E-state index contributed by atoms with van der Waals surface area (Å²) in [7, 11) is 0. The van der Waals surface area contributed by atoms with Crippen LogP contribution in [0.1, 0.15) is 28.2 Å². The molecule has 27 heavy (non-hydrogen) atoms. The van der Waals surface area contributed by atoms with E-state index in [9.17, 15) is 4.79 Å². The van der Waals surface area contributed by atoms with Crippen LogP contribution in [0.5, 0.6) is 0 Å². The first-order valence-corrected chi connectivity index (χ1v) is 8.91. The average Bonchev–Trinajstić information content (AvgIpc) is 3.05. The molecular weight excluding hydrogens is 334 g/mol. The lowest BCUT2D eigenvalue weighted by Crippen LogP contribution is -2.26. The maximum absolute atomic E-state index is 12.2. The molecule has 0 bridgehead atoms. The minimum atomic E-state index is -0.441. The lowest BCUT2D eigenvalue weighted by atomic mass is 9.98. The molecule has 0 unspecified atom stereocenters. The number of rotatable bonds is 4. The molecule has 3 nitrogen and oxygen atoms in total. The van der Waals surface area contributed by atoms with E-state index in [1.54, 1.807) is 0 Å². The number of fused-ring (bicyclic) bond motifs is 3. The summed E-state index contributed by atoms with van der Waals surface area (Å²) in [6.45, 7) is 0.647. The van der Waals surface area contributed by atoms with Crippen molar-refractivity contribution in [1.29, 1.82) is 0 Å². The molecule has 0 fully saturated rings. The number of hydrogen-bond acceptors (Lipinski definition) is 2. The van der Waals surface area contributed by atoms with E-state index < -0.39 is 6.09 Å². The van der Waals surface area contributed by atoms with Gasteiger partial charge in [-0.25, -0.2) is 4.79 Å². The van der Waals surface area contributed by atoms with Crippen LogP contribution in [0, 0.1) is 12.3 Å². The van der Waals surface area contributed by atoms with Crippen molar-refractivity contribution in [2.75, 3.05) is 6.61 Å². The number of amides is 1. The number of carbonyl (C=O) groups excluding carboxylic acids is 1. The summed E-state index contributed by atoms with van der Waals surface area (Å²) in [6.07, 6.45) is 5.05. The van der Waals surface area contributed by atoms with Crippen LogP contribution in [0.25, 0.3) is 11.1 Å². The quantitative estimate of drug-likeness (QED) is 0.690. The molecule has 1 aliphatic rings. The van der Waals surface area contributed by atoms with Crippen molar-refractivity contribution < 1.29 is 9.53 Å². The van der Waals surface area contributed by atoms with Crippen molar-refractivity contribution in [2.24, 2.45) is 0 Å². The molecule has 0 aliphatic heterocycles. The van der Waals surface area contributed by atoms with E-state index in [1.807, 2.05) is 48.5 Å². The fraction of sp³-hybridized carbons (Fsp3) is 0.125. The van der Waals surface area contributed by atoms with Gasteiger partial charge in [-0.05, 0) is 33.9 Å². The van der Waals surface area contributed by atoms with Gasteiger partial charge in [0.1, 0.15) is 6.61 Å². The van der Waals surface area contributed by atoms with E-state index in [2.05, 4.69) is 35.5 Å². The zero-order chi connectivity index (χ0) is 18.6. The van der Waals surface area contributed by atoms with Gasteiger partial charge in [-0.3, -0.25) is 0 Å². The van der Waals surface area contributed by atoms with Gasteiger partial charge in [-0.15, -0.1) is 6.42 Å². The fourth-order valence-electron chi connectivity index (χ4n) is 3.63. The maximum atomic E-state index is 12.2. The smallest absolute Gasteiger partial charge is 0.407 e. The first-order valence-electron chi connectivity index (χ1n) is 8.91. The molecule has 1 N–H and O–H groups in total. The fourth-order valence-corrected chi connectivity index (χ4v) is 3.63. The van der Waals surface area contributed by atoms with Crippen LogP contribution in [-0.4, -0.2) is 12.7 Å². The second-order valence-electron chi connectivity index (χ2n) is 6.48. The normalized spacial score (nSPS) is 12.0. The van der Waals surface area contributed by atoms with Crippen molar-refractivity contribution in [3.8, 4) is 23.5 Å². The van der Waals surface area contributed by atoms with E-state index in [0.29, 0.717) is 13.2 Å². The predicted octanol–water partition coefficient (Wildman–Crippen LogP) is 4.71. The molecule has 1 aliphatic carbocycles. The largest absolute Gasteiger partial charge is 0.449 e. The minimum absolute atomic E-state index is 0.0566. The van der Waals surface area contributed by atoms with Crippen LogP contribution < -0.4 is 5.32 Å². The van der Waals surface area contributed by atoms with E-state index in [0.717, 1.165) is 11.1 Å². The number of nitrogens with one attached hydrogen (secondary N) is 1. The van der Waals surface area contributed by atoms with E-state index in [-0.39, 0.29) is 5.92 Å². The van der Waals surface area contributed by atoms with E-state index >= 15 is 0 Å². The summed E-state index contributed by atoms with van der Waals surface area (Å²) >= 11 is 0. The Morgan fingerprint density at radius 2 is 1.52 bits per heavy atom. The Hall–Kier alpha value is -3.51. The third-order valence-corrected chi connectivity index (χ3v) is 4.94. The number of hydrogen-bond donors (Lipinski definition) is 1. The number of terminal acetylenes is 1. The third-order valence-electron chi connectivity index (χ3n) is 4.94. The van der Waals surface area contributed by atoms with Gasteiger partial charge in [0.25, 0.3) is 0 Å². The van der Waals surface area contributed by atoms with Gasteiger partial charge in [0.15, 0.2) is 0 Å². The van der Waals surface area contributed by atoms with Gasteiger partial charge in [-0.2, -0.15) is 0 Å². The number of benzene rings is 3. The summed E-state index contributed by atoms with van der Waals surface area (Å²) in [6, 6.07) is 24.1. The SMILES string of the molecule is C#Cc1ccccc1CNC(=O)OCC1c2ccccc2-c2ccccc21. The summed E-state index contributed by atoms with van der Waals surface area (Å²) in [5.41, 5.74) is 6.49. The molecule has 0 atom stereocenters. The molecule has 3 aromatic rings. The van der Waals surface area contributed by atoms with Crippen molar-refractivity contribution in [3.63, 3.8) is 0 Å². The molecule has 132 valence electrons. The standard InChI is InChI=1S/C24H19NO2/c1-2-17-9-3-4-10-18(17)15-25-24(26)27-16-23-21-13-7-5-11-19(21)20-12-6-8-14-22(20)23/h1,3-14,23H,15-16H2,(H,25,26). The monoisotopic (exact) mass is 353 g/mol. The third kappa shape index (κ3) is 3.30. The molecular formula is C24H19NO2. The van der Waals surface area contributed by atoms with Crippen molar-refractivity contribution in [3.05, 3.63) is 95.1 Å². The Balaban J connectivity index is 1.43. The molecule has 0 aromatic heterocycles. The second-order valence-corrected chi connectivity index (χ2v) is 6.48. The highest BCUT2D eigenvalue weighted by Gasteiger charge is 2.28. The zero-order valence-corrected chi connectivity index (χ0v) is 14.8. The first-order chi connectivity index (χ1) is 13.3. The Morgan fingerprint density at radius 3 is 2.19 bits per heavy atom. The molecule has 0 saturated heterocycles. The minimum Gasteiger partial charge on any atom is -0.449 e. The van der Waals surface area contributed by atoms with Gasteiger partial charge < -0.3 is 10.1 Å². The predicted molar refractivity (Wildman–Crippen MR) is 106 cm³/mol. The number of carbonyl (C=O) groups is 1. The Morgan fingerprint density at radius 1 is 0.926 bits per heavy atom. The summed E-state index contributed by atoms with van der Waals surface area (Å²) in [4.78, 5) is 12.2. The zero-order valence-electron chi connectivity index (χ0n) is 14.8. The number of alkyl carbamates (subject to hydrolysis) is 1. The van der Waals surface area contributed by atoms with Crippen molar-refractivity contribution >= 4 is 6.09 Å². The highest BCUT2D eigenvalue weighted by molar-refractivity contribution is 5.79. The second kappa shape index (κ2) is 7.39. The Labute approximate surface area is 159 Å². The Bertz CT molecular complexity index is 987. The van der Waals surface area contributed by atoms with E-state index in [4.69, 9.17) is 11.2 Å². The average molecular weight is 353 g/mol. The van der Waals surface area contributed by atoms with Gasteiger partial charge in [0.05, 0.1) is 0 Å². The molecule has 0 saturated carbocycles. The van der Waals surface area contributed by atoms with Crippen LogP contribution in [-0.2, 0) is 11.3 Å². The van der Waals surface area contributed by atoms with Crippen LogP contribution in [0.15, 0.2) is 72.8 Å². The van der Waals surface area contributed by atoms with Gasteiger partial charge >= 0.3 is 6.09 Å². The highest BCUT2D eigenvalue weighted by atomic mass is 16.5. The van der Waals surface area contributed by atoms with Crippen molar-refractivity contribution in [1.82, 2.24) is 5.32 Å². The van der Waals surface area contributed by atoms with Crippen LogP contribution in [0.3, 0.4) is 0 Å². The molecule has 4 rings (SSSR count). The van der Waals surface area contributed by atoms with Crippen LogP contribution in [0.4, 0.5) is 4.79 Å². The molecule has 1 amide bonds. The summed E-state index contributed by atoms with van der Waals surface area (Å²) in [5, 5.41) is 2.79. The topological polar surface area (TPSA) is 38.3 Å². The van der Waals surface area contributed by atoms with Gasteiger partial charge in [0, 0.05) is 18.0 Å². The molecule has 3 aromatic carbocycles. The Kier molecular flexibility index (Phi) is 4.63. The first kappa shape index (κ1) is 16.9. The molecule has 0 heterocycles. The summed E-state index contributed by atoms with van der Waals surface area (Å²) < 4.78 is 5.53. The molecule has 0 spiro atoms.